The van der Waals surface area contributed by atoms with Crippen molar-refractivity contribution < 1.29 is 0 Å². The van der Waals surface area contributed by atoms with Gasteiger partial charge in [-0.2, -0.15) is 0 Å². The maximum Gasteiger partial charge on any atom is 0.172 e. The van der Waals surface area contributed by atoms with Crippen LogP contribution in [0.4, 0.5) is 0 Å². The Kier molecular flexibility index (Phi) is 8.25. The summed E-state index contributed by atoms with van der Waals surface area (Å²) in [4.78, 5) is 18.2. The molecule has 9 aromatic rings. The summed E-state index contributed by atoms with van der Waals surface area (Å²) in [6.07, 6.45) is 12.0. The van der Waals surface area contributed by atoms with Crippen LogP contribution in [-0.4, -0.2) is 15.0 Å². The van der Waals surface area contributed by atoms with Crippen molar-refractivity contribution in [1.82, 2.24) is 15.0 Å². The van der Waals surface area contributed by atoms with E-state index in [0.717, 1.165) is 27.8 Å². The number of allylic oxidation sites excluding steroid dienone is 4. The molecule has 0 atom stereocenters. The van der Waals surface area contributed by atoms with Gasteiger partial charge in [0.25, 0.3) is 0 Å². The Morgan fingerprint density at radius 3 is 1.80 bits per heavy atom. The van der Waals surface area contributed by atoms with Crippen LogP contribution in [0.15, 0.2) is 198 Å². The molecule has 0 bridgehead atoms. The highest BCUT2D eigenvalue weighted by Gasteiger charge is 2.52. The third kappa shape index (κ3) is 5.36. The fourth-order valence-electron chi connectivity index (χ4n) is 9.22. The van der Waals surface area contributed by atoms with Crippen LogP contribution in [0.3, 0.4) is 0 Å². The Morgan fingerprint density at radius 2 is 1.10 bits per heavy atom. The summed E-state index contributed by atoms with van der Waals surface area (Å²) in [5, 5.41) is 4.93. The monoisotopic (exact) mass is 769 g/mol. The summed E-state index contributed by atoms with van der Waals surface area (Å²) in [6, 6.07) is 61.1. The third-order valence-electron chi connectivity index (χ3n) is 11.8. The molecule has 11 rings (SSSR count). The first kappa shape index (κ1) is 34.9. The number of rotatable bonds is 5. The Bertz CT molecular complexity index is 3180. The molecule has 4 heteroatoms. The zero-order valence-electron chi connectivity index (χ0n) is 32.2. The lowest BCUT2D eigenvalue weighted by Crippen LogP contribution is -2.33. The zero-order valence-corrected chi connectivity index (χ0v) is 33.0. The van der Waals surface area contributed by atoms with Crippen molar-refractivity contribution in [2.75, 3.05) is 0 Å². The number of benzene rings is 8. The van der Waals surface area contributed by atoms with E-state index in [4.69, 9.17) is 21.4 Å². The van der Waals surface area contributed by atoms with E-state index in [1.54, 1.807) is 0 Å². The molecule has 0 saturated heterocycles. The van der Waals surface area contributed by atoms with Gasteiger partial charge in [-0.25, -0.2) is 15.0 Å². The quantitative estimate of drug-likeness (QED) is 0.129. The fourth-order valence-corrected chi connectivity index (χ4v) is 10.7. The Morgan fingerprint density at radius 1 is 0.525 bits per heavy atom. The number of nitrogens with zero attached hydrogens (tertiary/aromatic N) is 3. The van der Waals surface area contributed by atoms with Crippen molar-refractivity contribution in [3.8, 4) is 57.4 Å². The Hall–Kier alpha value is -7.32. The van der Waals surface area contributed by atoms with Crippen molar-refractivity contribution >= 4 is 38.9 Å². The molecule has 1 aromatic heterocycles. The lowest BCUT2D eigenvalue weighted by Gasteiger charge is -2.41. The molecule has 2 heterocycles. The number of fused-ring (bicyclic) bond motifs is 13. The van der Waals surface area contributed by atoms with E-state index < -0.39 is 5.41 Å². The minimum Gasteiger partial charge on any atom is -0.208 e. The molecule has 1 aliphatic carbocycles. The Labute approximate surface area is 347 Å². The fraction of sp³-hybridized carbons (Fsp3) is 0.0364. The van der Waals surface area contributed by atoms with Gasteiger partial charge in [0.1, 0.15) is 0 Å². The van der Waals surface area contributed by atoms with Gasteiger partial charge >= 0.3 is 0 Å². The Balaban J connectivity index is 1.23. The van der Waals surface area contributed by atoms with Gasteiger partial charge in [-0.05, 0) is 79.1 Å². The van der Waals surface area contributed by atoms with E-state index in [1.165, 1.54) is 59.2 Å². The van der Waals surface area contributed by atoms with E-state index in [2.05, 4.69) is 170 Å². The molecule has 0 N–H and O–H groups in total. The highest BCUT2D eigenvalue weighted by Crippen LogP contribution is 2.65. The van der Waals surface area contributed by atoms with Crippen LogP contribution in [0.1, 0.15) is 35.0 Å². The topological polar surface area (TPSA) is 38.7 Å². The average molecular weight is 770 g/mol. The van der Waals surface area contributed by atoms with Gasteiger partial charge in [-0.1, -0.05) is 200 Å². The van der Waals surface area contributed by atoms with Crippen LogP contribution in [0, 0.1) is 12.3 Å². The number of aromatic nitrogens is 3. The summed E-state index contributed by atoms with van der Waals surface area (Å²) in [7, 11) is 0. The van der Waals surface area contributed by atoms with E-state index in [0.29, 0.717) is 23.0 Å². The van der Waals surface area contributed by atoms with E-state index in [1.807, 2.05) is 43.0 Å². The first-order valence-corrected chi connectivity index (χ1v) is 20.7. The molecule has 1 spiro atoms. The van der Waals surface area contributed by atoms with Crippen LogP contribution in [-0.2, 0) is 5.41 Å². The van der Waals surface area contributed by atoms with Crippen LogP contribution < -0.4 is 0 Å². The number of hydrogen-bond donors (Lipinski definition) is 0. The minimum atomic E-state index is -0.688. The van der Waals surface area contributed by atoms with Crippen molar-refractivity contribution in [2.24, 2.45) is 0 Å². The van der Waals surface area contributed by atoms with Crippen molar-refractivity contribution in [1.29, 1.82) is 0 Å². The lowest BCUT2D eigenvalue weighted by molar-refractivity contribution is 0.729. The summed E-state index contributed by atoms with van der Waals surface area (Å²) in [6.45, 7) is 1.97. The third-order valence-corrected chi connectivity index (χ3v) is 13.1. The average Bonchev–Trinajstić information content (AvgIpc) is 3.60. The number of hydrogen-bond acceptors (Lipinski definition) is 4. The second-order valence-corrected chi connectivity index (χ2v) is 16.0. The van der Waals surface area contributed by atoms with Crippen LogP contribution in [0.2, 0.25) is 0 Å². The highest BCUT2D eigenvalue weighted by atomic mass is 32.2. The molecule has 8 aromatic carbocycles. The van der Waals surface area contributed by atoms with Gasteiger partial charge in [0, 0.05) is 20.9 Å². The SMILES string of the molecule is C#C/C(=C\C=C/C)c1nc(-c2ccc(-c3ccccc3)cc2)nc(-c2cccc3c2C2(c4ccccc4-3)c3ccc4ccccc4c3Sc3c2ccc2ccccc32)n1. The molecule has 0 amide bonds. The van der Waals surface area contributed by atoms with E-state index in [-0.39, 0.29) is 0 Å². The molecule has 3 nitrogen and oxygen atoms in total. The summed E-state index contributed by atoms with van der Waals surface area (Å²) >= 11 is 1.89. The largest absolute Gasteiger partial charge is 0.208 e. The van der Waals surface area contributed by atoms with Gasteiger partial charge in [0.05, 0.1) is 11.0 Å². The molecule has 0 radical (unpaired) electrons. The van der Waals surface area contributed by atoms with Crippen molar-refractivity contribution in [3.05, 3.63) is 216 Å². The van der Waals surface area contributed by atoms with Gasteiger partial charge in [0.15, 0.2) is 17.5 Å². The summed E-state index contributed by atoms with van der Waals surface area (Å²) < 4.78 is 0. The summed E-state index contributed by atoms with van der Waals surface area (Å²) in [5.41, 5.74) is 11.3. The van der Waals surface area contributed by atoms with E-state index >= 15 is 0 Å². The van der Waals surface area contributed by atoms with Gasteiger partial charge in [-0.3, -0.25) is 0 Å². The minimum absolute atomic E-state index is 0.455. The van der Waals surface area contributed by atoms with Crippen LogP contribution >= 0.6 is 11.8 Å². The molecule has 0 fully saturated rings. The van der Waals surface area contributed by atoms with Crippen molar-refractivity contribution in [3.63, 3.8) is 0 Å². The van der Waals surface area contributed by atoms with Crippen LogP contribution in [0.5, 0.6) is 0 Å². The molecule has 59 heavy (non-hydrogen) atoms. The molecular weight excluding hydrogens is 735 g/mol. The first-order valence-electron chi connectivity index (χ1n) is 19.9. The smallest absolute Gasteiger partial charge is 0.172 e. The molecule has 0 unspecified atom stereocenters. The molecule has 2 aliphatic rings. The second-order valence-electron chi connectivity index (χ2n) is 15.0. The normalized spacial score (nSPS) is 13.6. The predicted octanol–water partition coefficient (Wildman–Crippen LogP) is 13.6. The first-order chi connectivity index (χ1) is 29.2. The molecule has 0 saturated carbocycles. The van der Waals surface area contributed by atoms with Crippen molar-refractivity contribution in [2.45, 2.75) is 22.1 Å². The van der Waals surface area contributed by atoms with Gasteiger partial charge in [-0.15, -0.1) is 6.42 Å². The maximum atomic E-state index is 6.21. The lowest BCUT2D eigenvalue weighted by atomic mass is 9.65. The maximum absolute atomic E-state index is 6.21. The summed E-state index contributed by atoms with van der Waals surface area (Å²) in [5.74, 6) is 4.47. The number of terminal acetylenes is 1. The standard InChI is InChI=1S/C55H35N3S/c1-3-5-16-35(4-2)52-56-53(40-29-27-37(28-30-40)36-17-7-6-8-18-36)58-54(57-52)45-25-15-24-44-43-23-13-14-26-46(43)55(49(44)45)47-33-31-38-19-9-11-21-41(38)50(47)59-51-42-22-12-10-20-39(42)32-34-48(51)55/h2-3,5-34H,1H3/b5-3-,35-16+. The van der Waals surface area contributed by atoms with E-state index in [9.17, 15) is 0 Å². The van der Waals surface area contributed by atoms with Gasteiger partial charge < -0.3 is 0 Å². The highest BCUT2D eigenvalue weighted by molar-refractivity contribution is 8.00. The molecule has 1 aliphatic heterocycles. The predicted molar refractivity (Wildman–Crippen MR) is 244 cm³/mol. The second kappa shape index (κ2) is 14.0. The molecular formula is C55H35N3S. The molecule has 276 valence electrons. The zero-order chi connectivity index (χ0) is 39.5. The van der Waals surface area contributed by atoms with Gasteiger partial charge in [0.2, 0.25) is 0 Å². The van der Waals surface area contributed by atoms with Crippen LogP contribution in [0.25, 0.3) is 72.1 Å².